The van der Waals surface area contributed by atoms with Gasteiger partial charge in [0.1, 0.15) is 6.23 Å². The number of rotatable bonds is 3. The molecular formula is C16H17Cl2N3O2. The maximum Gasteiger partial charge on any atom is 0.261 e. The number of halogens is 2. The molecule has 2 heterocycles. The quantitative estimate of drug-likeness (QED) is 0.831. The lowest BCUT2D eigenvalue weighted by Gasteiger charge is -2.22. The van der Waals surface area contributed by atoms with Gasteiger partial charge in [-0.3, -0.25) is 4.79 Å². The van der Waals surface area contributed by atoms with E-state index in [0.717, 1.165) is 25.9 Å². The minimum Gasteiger partial charge on any atom is -0.357 e. The van der Waals surface area contributed by atoms with Gasteiger partial charge in [0.15, 0.2) is 0 Å². The second-order valence-corrected chi connectivity index (χ2v) is 6.27. The highest BCUT2D eigenvalue weighted by molar-refractivity contribution is 6.40. The van der Waals surface area contributed by atoms with Crippen molar-refractivity contribution in [2.45, 2.75) is 25.5 Å². The molecule has 1 fully saturated rings. The van der Waals surface area contributed by atoms with E-state index in [-0.39, 0.29) is 12.1 Å². The third-order valence-electron chi connectivity index (χ3n) is 3.91. The number of carbonyl (C=O) groups excluding carboxylic acids is 1. The van der Waals surface area contributed by atoms with Crippen LogP contribution in [-0.2, 0) is 4.74 Å². The van der Waals surface area contributed by atoms with Crippen molar-refractivity contribution in [3.05, 3.63) is 46.2 Å². The van der Waals surface area contributed by atoms with Crippen LogP contribution in [0.5, 0.6) is 0 Å². The van der Waals surface area contributed by atoms with Crippen LogP contribution in [-0.4, -0.2) is 29.3 Å². The molecule has 0 radical (unpaired) electrons. The minimum absolute atomic E-state index is 0.0649. The number of hydrogen-bond donors (Lipinski definition) is 0. The Bertz CT molecular complexity index is 691. The third-order valence-corrected chi connectivity index (χ3v) is 4.54. The second kappa shape index (κ2) is 6.91. The van der Waals surface area contributed by atoms with E-state index in [9.17, 15) is 4.79 Å². The van der Waals surface area contributed by atoms with Crippen LogP contribution in [0.3, 0.4) is 0 Å². The lowest BCUT2D eigenvalue weighted by molar-refractivity contribution is -0.0394. The van der Waals surface area contributed by atoms with Gasteiger partial charge in [-0.05, 0) is 31.4 Å². The number of nitrogens with zero attached hydrogens (tertiary/aromatic N) is 3. The van der Waals surface area contributed by atoms with E-state index in [1.165, 1.54) is 4.90 Å². The van der Waals surface area contributed by atoms with E-state index < -0.39 is 0 Å². The number of carbonyl (C=O) groups is 1. The van der Waals surface area contributed by atoms with Crippen LogP contribution < -0.4 is 4.90 Å². The van der Waals surface area contributed by atoms with Crippen molar-refractivity contribution in [3.63, 3.8) is 0 Å². The van der Waals surface area contributed by atoms with Crippen LogP contribution in [0.2, 0.25) is 10.0 Å². The fraction of sp³-hybridized carbons (Fsp3) is 0.375. The van der Waals surface area contributed by atoms with E-state index >= 15 is 0 Å². The van der Waals surface area contributed by atoms with Gasteiger partial charge in [0.05, 0.1) is 33.7 Å². The van der Waals surface area contributed by atoms with Gasteiger partial charge >= 0.3 is 0 Å². The van der Waals surface area contributed by atoms with Gasteiger partial charge in [0.25, 0.3) is 5.91 Å². The van der Waals surface area contributed by atoms with Crippen molar-refractivity contribution in [1.82, 2.24) is 9.78 Å². The van der Waals surface area contributed by atoms with Crippen LogP contribution in [0.1, 0.15) is 35.8 Å². The average Bonchev–Trinajstić information content (AvgIpc) is 3.04. The topological polar surface area (TPSA) is 47.4 Å². The number of aromatic nitrogens is 2. The summed E-state index contributed by atoms with van der Waals surface area (Å²) in [6.07, 6.45) is 6.50. The van der Waals surface area contributed by atoms with Crippen molar-refractivity contribution in [2.24, 2.45) is 0 Å². The molecular weight excluding hydrogens is 337 g/mol. The first-order valence-corrected chi connectivity index (χ1v) is 8.21. The summed E-state index contributed by atoms with van der Waals surface area (Å²) in [4.78, 5) is 14.1. The predicted octanol–water partition coefficient (Wildman–Crippen LogP) is 4.17. The fourth-order valence-electron chi connectivity index (χ4n) is 2.58. The molecule has 3 rings (SSSR count). The maximum absolute atomic E-state index is 12.7. The molecule has 1 unspecified atom stereocenters. The molecule has 23 heavy (non-hydrogen) atoms. The van der Waals surface area contributed by atoms with Crippen molar-refractivity contribution in [1.29, 1.82) is 0 Å². The molecule has 0 spiro atoms. The summed E-state index contributed by atoms with van der Waals surface area (Å²) in [5, 5.41) is 4.98. The molecule has 1 amide bonds. The third kappa shape index (κ3) is 3.37. The fourth-order valence-corrected chi connectivity index (χ4v) is 3.14. The van der Waals surface area contributed by atoms with Crippen molar-refractivity contribution < 1.29 is 9.53 Å². The highest BCUT2D eigenvalue weighted by atomic mass is 35.5. The molecule has 0 saturated carbocycles. The van der Waals surface area contributed by atoms with E-state index in [4.69, 9.17) is 27.9 Å². The number of anilines is 1. The minimum atomic E-state index is -0.273. The molecule has 1 aromatic carbocycles. The largest absolute Gasteiger partial charge is 0.357 e. The Balaban J connectivity index is 1.81. The standard InChI is InChI=1S/C16H17Cl2N3O2/c1-20(16(22)15-12(17)5-4-6-13(15)18)11-9-19-21(10-11)14-7-2-3-8-23-14/h4-6,9-10,14H,2-3,7-8H2,1H3. The smallest absolute Gasteiger partial charge is 0.261 e. The van der Waals surface area contributed by atoms with Gasteiger partial charge in [-0.25, -0.2) is 4.68 Å². The van der Waals surface area contributed by atoms with Crippen LogP contribution in [0, 0.1) is 0 Å². The first-order valence-electron chi connectivity index (χ1n) is 7.46. The molecule has 1 aliphatic heterocycles. The Morgan fingerprint density at radius 2 is 2.09 bits per heavy atom. The molecule has 5 nitrogen and oxygen atoms in total. The Labute approximate surface area is 144 Å². The average molecular weight is 354 g/mol. The molecule has 1 atom stereocenters. The highest BCUT2D eigenvalue weighted by Gasteiger charge is 2.22. The van der Waals surface area contributed by atoms with Crippen molar-refractivity contribution in [3.8, 4) is 0 Å². The lowest BCUT2D eigenvalue weighted by Crippen LogP contribution is -2.26. The first-order chi connectivity index (χ1) is 11.1. The molecule has 1 aliphatic rings. The molecule has 122 valence electrons. The number of amides is 1. The van der Waals surface area contributed by atoms with Crippen LogP contribution in [0.25, 0.3) is 0 Å². The molecule has 7 heteroatoms. The van der Waals surface area contributed by atoms with Gasteiger partial charge in [0, 0.05) is 13.7 Å². The maximum atomic E-state index is 12.7. The van der Waals surface area contributed by atoms with Crippen LogP contribution >= 0.6 is 23.2 Å². The summed E-state index contributed by atoms with van der Waals surface area (Å²) in [5.41, 5.74) is 0.958. The summed E-state index contributed by atoms with van der Waals surface area (Å²) in [5.74, 6) is -0.273. The number of hydrogen-bond acceptors (Lipinski definition) is 3. The number of benzene rings is 1. The summed E-state index contributed by atoms with van der Waals surface area (Å²) in [6.45, 7) is 0.740. The number of ether oxygens (including phenoxy) is 1. The van der Waals surface area contributed by atoms with E-state index in [0.29, 0.717) is 21.3 Å². The Kier molecular flexibility index (Phi) is 4.90. The summed E-state index contributed by atoms with van der Waals surface area (Å²) in [6, 6.07) is 5.00. The van der Waals surface area contributed by atoms with Gasteiger partial charge < -0.3 is 9.64 Å². The zero-order valence-electron chi connectivity index (χ0n) is 12.7. The van der Waals surface area contributed by atoms with E-state index in [2.05, 4.69) is 5.10 Å². The molecule has 1 saturated heterocycles. The van der Waals surface area contributed by atoms with Gasteiger partial charge in [0.2, 0.25) is 0 Å². The molecule has 0 aliphatic carbocycles. The highest BCUT2D eigenvalue weighted by Crippen LogP contribution is 2.28. The van der Waals surface area contributed by atoms with Gasteiger partial charge in [-0.15, -0.1) is 0 Å². The SMILES string of the molecule is CN(C(=O)c1c(Cl)cccc1Cl)c1cnn(C2CCCCO2)c1. The monoisotopic (exact) mass is 353 g/mol. The van der Waals surface area contributed by atoms with Crippen molar-refractivity contribution >= 4 is 34.8 Å². The summed E-state index contributed by atoms with van der Waals surface area (Å²) in [7, 11) is 1.67. The van der Waals surface area contributed by atoms with E-state index in [1.54, 1.807) is 42.3 Å². The second-order valence-electron chi connectivity index (χ2n) is 5.46. The zero-order chi connectivity index (χ0) is 16.4. The van der Waals surface area contributed by atoms with Gasteiger partial charge in [-0.1, -0.05) is 29.3 Å². The lowest BCUT2D eigenvalue weighted by atomic mass is 10.2. The van der Waals surface area contributed by atoms with Crippen LogP contribution in [0.15, 0.2) is 30.6 Å². The summed E-state index contributed by atoms with van der Waals surface area (Å²) < 4.78 is 7.45. The summed E-state index contributed by atoms with van der Waals surface area (Å²) >= 11 is 12.2. The molecule has 0 bridgehead atoms. The van der Waals surface area contributed by atoms with Crippen LogP contribution in [0.4, 0.5) is 5.69 Å². The predicted molar refractivity (Wildman–Crippen MR) is 90.3 cm³/mol. The van der Waals surface area contributed by atoms with E-state index in [1.807, 2.05) is 0 Å². The Morgan fingerprint density at radius 3 is 2.74 bits per heavy atom. The normalized spacial score (nSPS) is 18.0. The molecule has 2 aromatic rings. The van der Waals surface area contributed by atoms with Crippen molar-refractivity contribution in [2.75, 3.05) is 18.6 Å². The Morgan fingerprint density at radius 1 is 1.35 bits per heavy atom. The molecule has 0 N–H and O–H groups in total. The Hall–Kier alpha value is -1.56. The van der Waals surface area contributed by atoms with Gasteiger partial charge in [-0.2, -0.15) is 5.10 Å². The molecule has 1 aromatic heterocycles. The zero-order valence-corrected chi connectivity index (χ0v) is 14.2. The first kappa shape index (κ1) is 16.3.